The molecule has 0 aliphatic heterocycles. The molecule has 32 heavy (non-hydrogen) atoms. The number of rotatable bonds is 5. The Labute approximate surface area is 188 Å². The van der Waals surface area contributed by atoms with Crippen molar-refractivity contribution in [2.24, 2.45) is 0 Å². The van der Waals surface area contributed by atoms with Gasteiger partial charge in [0.25, 0.3) is 0 Å². The molecule has 0 atom stereocenters. The highest BCUT2D eigenvalue weighted by Crippen LogP contribution is 2.51. The molecule has 0 aliphatic rings. The van der Waals surface area contributed by atoms with Gasteiger partial charge in [0.2, 0.25) is 0 Å². The molecule has 0 bridgehead atoms. The molecule has 0 fully saturated rings. The maximum absolute atomic E-state index is 6.12. The van der Waals surface area contributed by atoms with Crippen molar-refractivity contribution in [1.82, 2.24) is 0 Å². The summed E-state index contributed by atoms with van der Waals surface area (Å²) in [5.41, 5.74) is 3.37. The van der Waals surface area contributed by atoms with E-state index >= 15 is 0 Å². The molecule has 3 nitrogen and oxygen atoms in total. The van der Waals surface area contributed by atoms with Crippen molar-refractivity contribution in [2.45, 2.75) is 13.3 Å². The summed E-state index contributed by atoms with van der Waals surface area (Å²) in [6, 6.07) is 25.2. The molecule has 0 aliphatic carbocycles. The molecule has 5 aromatic carbocycles. The molecule has 5 rings (SSSR count). The van der Waals surface area contributed by atoms with Crippen LogP contribution in [0.5, 0.6) is 17.2 Å². The number of methoxy groups -OCH3 is 3. The van der Waals surface area contributed by atoms with E-state index in [1.165, 1.54) is 0 Å². The molecule has 0 N–H and O–H groups in total. The molecule has 3 heteroatoms. The Bertz CT molecular complexity index is 1410. The predicted molar refractivity (Wildman–Crippen MR) is 133 cm³/mol. The summed E-state index contributed by atoms with van der Waals surface area (Å²) >= 11 is 0. The average molecular weight is 423 g/mol. The van der Waals surface area contributed by atoms with Crippen LogP contribution in [0.3, 0.4) is 0 Å². The Hall–Kier alpha value is -3.72. The van der Waals surface area contributed by atoms with E-state index in [0.717, 1.165) is 72.7 Å². The lowest BCUT2D eigenvalue weighted by molar-refractivity contribution is 0.408. The van der Waals surface area contributed by atoms with Crippen molar-refractivity contribution in [3.63, 3.8) is 0 Å². The van der Waals surface area contributed by atoms with Gasteiger partial charge in [0.1, 0.15) is 17.2 Å². The number of benzene rings is 5. The fourth-order valence-corrected chi connectivity index (χ4v) is 5.05. The van der Waals surface area contributed by atoms with E-state index in [2.05, 4.69) is 67.6 Å². The van der Waals surface area contributed by atoms with Crippen molar-refractivity contribution >= 4 is 32.3 Å². The highest BCUT2D eigenvalue weighted by atomic mass is 16.5. The van der Waals surface area contributed by atoms with E-state index in [4.69, 9.17) is 14.2 Å². The molecule has 0 heterocycles. The lowest BCUT2D eigenvalue weighted by atomic mass is 9.85. The topological polar surface area (TPSA) is 27.7 Å². The van der Waals surface area contributed by atoms with E-state index < -0.39 is 0 Å². The van der Waals surface area contributed by atoms with Crippen LogP contribution in [-0.4, -0.2) is 21.3 Å². The molecule has 0 spiro atoms. The van der Waals surface area contributed by atoms with Crippen molar-refractivity contribution in [3.8, 4) is 28.4 Å². The number of fused-ring (bicyclic) bond motifs is 3. The van der Waals surface area contributed by atoms with Gasteiger partial charge in [-0.15, -0.1) is 0 Å². The van der Waals surface area contributed by atoms with Crippen molar-refractivity contribution in [2.75, 3.05) is 21.3 Å². The summed E-state index contributed by atoms with van der Waals surface area (Å²) in [7, 11) is 5.25. The van der Waals surface area contributed by atoms with Gasteiger partial charge in [-0.25, -0.2) is 0 Å². The molecule has 160 valence electrons. The first kappa shape index (κ1) is 20.2. The molecule has 0 radical (unpaired) electrons. The SMILES string of the molecule is CCc1c(-c2c3ccccc3c(OC)c3ccccc23)c(OC)c2ccccc2c1OC. The van der Waals surface area contributed by atoms with Gasteiger partial charge in [-0.3, -0.25) is 0 Å². The second-order valence-corrected chi connectivity index (χ2v) is 7.82. The van der Waals surface area contributed by atoms with Crippen molar-refractivity contribution in [1.29, 1.82) is 0 Å². The highest BCUT2D eigenvalue weighted by Gasteiger charge is 2.25. The third-order valence-corrected chi connectivity index (χ3v) is 6.32. The van der Waals surface area contributed by atoms with Crippen LogP contribution in [0.25, 0.3) is 43.4 Å². The predicted octanol–water partition coefficient (Wildman–Crippen LogP) is 7.40. The Balaban J connectivity index is 2.10. The highest BCUT2D eigenvalue weighted by molar-refractivity contribution is 6.19. The Morgan fingerprint density at radius 3 is 1.25 bits per heavy atom. The summed E-state index contributed by atoms with van der Waals surface area (Å²) < 4.78 is 18.0. The van der Waals surface area contributed by atoms with E-state index in [1.54, 1.807) is 21.3 Å². The fourth-order valence-electron chi connectivity index (χ4n) is 5.05. The van der Waals surface area contributed by atoms with E-state index in [9.17, 15) is 0 Å². The van der Waals surface area contributed by atoms with Crippen LogP contribution in [0.15, 0.2) is 72.8 Å². The Morgan fingerprint density at radius 2 is 0.844 bits per heavy atom. The Morgan fingerprint density at radius 1 is 0.469 bits per heavy atom. The van der Waals surface area contributed by atoms with Crippen LogP contribution in [0, 0.1) is 0 Å². The maximum atomic E-state index is 6.12. The van der Waals surface area contributed by atoms with E-state index in [-0.39, 0.29) is 0 Å². The van der Waals surface area contributed by atoms with Gasteiger partial charge in [0.05, 0.1) is 21.3 Å². The third kappa shape index (κ3) is 2.81. The van der Waals surface area contributed by atoms with Crippen LogP contribution in [0.2, 0.25) is 0 Å². The lowest BCUT2D eigenvalue weighted by Crippen LogP contribution is -2.01. The van der Waals surface area contributed by atoms with Crippen LogP contribution >= 0.6 is 0 Å². The number of ether oxygens (including phenoxy) is 3. The summed E-state index contributed by atoms with van der Waals surface area (Å²) in [5, 5.41) is 6.54. The lowest BCUT2D eigenvalue weighted by Gasteiger charge is -2.23. The Kier molecular flexibility index (Phi) is 5.10. The zero-order valence-corrected chi connectivity index (χ0v) is 18.9. The minimum Gasteiger partial charge on any atom is -0.496 e. The van der Waals surface area contributed by atoms with Crippen molar-refractivity contribution in [3.05, 3.63) is 78.4 Å². The first-order valence-electron chi connectivity index (χ1n) is 10.9. The zero-order valence-electron chi connectivity index (χ0n) is 18.9. The van der Waals surface area contributed by atoms with Crippen molar-refractivity contribution < 1.29 is 14.2 Å². The monoisotopic (exact) mass is 422 g/mol. The van der Waals surface area contributed by atoms with Gasteiger partial charge in [0.15, 0.2) is 0 Å². The van der Waals surface area contributed by atoms with Gasteiger partial charge in [0, 0.05) is 38.2 Å². The van der Waals surface area contributed by atoms with Gasteiger partial charge in [-0.1, -0.05) is 79.7 Å². The average Bonchev–Trinajstić information content (AvgIpc) is 2.85. The zero-order chi connectivity index (χ0) is 22.2. The van der Waals surface area contributed by atoms with Gasteiger partial charge in [-0.2, -0.15) is 0 Å². The van der Waals surface area contributed by atoms with E-state index in [1.807, 2.05) is 12.1 Å². The molecule has 0 saturated heterocycles. The third-order valence-electron chi connectivity index (χ3n) is 6.32. The van der Waals surface area contributed by atoms with Crippen LogP contribution in [0.1, 0.15) is 12.5 Å². The molecule has 0 amide bonds. The number of hydrogen-bond acceptors (Lipinski definition) is 3. The maximum Gasteiger partial charge on any atom is 0.135 e. The molecule has 0 unspecified atom stereocenters. The summed E-state index contributed by atoms with van der Waals surface area (Å²) in [5.74, 6) is 2.67. The minimum atomic E-state index is 0.814. The van der Waals surface area contributed by atoms with Crippen LogP contribution < -0.4 is 14.2 Å². The summed E-state index contributed by atoms with van der Waals surface area (Å²) in [4.78, 5) is 0. The first-order chi connectivity index (χ1) is 15.7. The molecule has 0 aromatic heterocycles. The van der Waals surface area contributed by atoms with Gasteiger partial charge in [-0.05, 0) is 17.2 Å². The van der Waals surface area contributed by atoms with E-state index in [0.29, 0.717) is 0 Å². The molecule has 5 aromatic rings. The molecular weight excluding hydrogens is 396 g/mol. The van der Waals surface area contributed by atoms with Gasteiger partial charge < -0.3 is 14.2 Å². The first-order valence-corrected chi connectivity index (χ1v) is 10.9. The quantitative estimate of drug-likeness (QED) is 0.276. The van der Waals surface area contributed by atoms with Crippen LogP contribution in [0.4, 0.5) is 0 Å². The summed E-state index contributed by atoms with van der Waals surface area (Å²) in [6.07, 6.45) is 0.814. The second kappa shape index (κ2) is 8.08. The van der Waals surface area contributed by atoms with Crippen LogP contribution in [-0.2, 0) is 6.42 Å². The van der Waals surface area contributed by atoms with Gasteiger partial charge >= 0.3 is 0 Å². The minimum absolute atomic E-state index is 0.814. The molecular formula is C29H26O3. The largest absolute Gasteiger partial charge is 0.496 e. The standard InChI is InChI=1S/C29H26O3/c1-5-18-26(29(32-4)24-17-11-10-16-23(24)27(18)30-2)25-19-12-6-8-14-21(19)28(31-3)22-15-9-7-13-20(22)25/h6-17H,5H2,1-4H3. The molecule has 0 saturated carbocycles. The normalized spacial score (nSPS) is 11.2. The second-order valence-electron chi connectivity index (χ2n) is 7.82. The smallest absolute Gasteiger partial charge is 0.135 e. The number of hydrogen-bond donors (Lipinski definition) is 0. The fraction of sp³-hybridized carbons (Fsp3) is 0.172. The summed E-state index contributed by atoms with van der Waals surface area (Å²) in [6.45, 7) is 2.17.